The number of nitrogens with two attached hydrogens (primary N) is 1. The Labute approximate surface area is 245 Å². The lowest BCUT2D eigenvalue weighted by atomic mass is 10.1. The van der Waals surface area contributed by atoms with Crippen LogP contribution in [0.4, 0.5) is 20.2 Å². The minimum Gasteiger partial charge on any atom is -0.496 e. The van der Waals surface area contributed by atoms with Crippen LogP contribution in [0.5, 0.6) is 5.75 Å². The van der Waals surface area contributed by atoms with Crippen molar-refractivity contribution >= 4 is 28.3 Å². The lowest BCUT2D eigenvalue weighted by Crippen LogP contribution is -2.34. The van der Waals surface area contributed by atoms with Crippen molar-refractivity contribution in [3.8, 4) is 28.7 Å². The van der Waals surface area contributed by atoms with Crippen LogP contribution in [-0.2, 0) is 7.05 Å². The Morgan fingerprint density at radius 1 is 1.09 bits per heavy atom. The largest absolute Gasteiger partial charge is 0.496 e. The summed E-state index contributed by atoms with van der Waals surface area (Å²) in [5.74, 6) is -1.22. The SMILES string of the molecule is COc1cccc(F)c1-c1nccc(C(=O)Nc2ccc3c(nc(-c4ncccc4F)n3C)c2N2C[C@H](N)C[C@H]2CO)n1. The van der Waals surface area contributed by atoms with Gasteiger partial charge in [-0.25, -0.2) is 28.7 Å². The zero-order chi connectivity index (χ0) is 30.2. The van der Waals surface area contributed by atoms with Crippen molar-refractivity contribution in [2.45, 2.75) is 18.5 Å². The van der Waals surface area contributed by atoms with Gasteiger partial charge in [0.05, 0.1) is 42.2 Å². The van der Waals surface area contributed by atoms with Gasteiger partial charge in [0.1, 0.15) is 28.5 Å². The number of fused-ring (bicyclic) bond motifs is 1. The van der Waals surface area contributed by atoms with Gasteiger partial charge in [0.25, 0.3) is 5.91 Å². The van der Waals surface area contributed by atoms with E-state index in [1.807, 2.05) is 4.90 Å². The van der Waals surface area contributed by atoms with Gasteiger partial charge in [0.2, 0.25) is 0 Å². The van der Waals surface area contributed by atoms with Gasteiger partial charge in [-0.3, -0.25) is 4.79 Å². The third kappa shape index (κ3) is 5.02. The molecule has 43 heavy (non-hydrogen) atoms. The van der Waals surface area contributed by atoms with E-state index in [1.165, 1.54) is 49.8 Å². The minimum atomic E-state index is -0.597. The highest BCUT2D eigenvalue weighted by Crippen LogP contribution is 2.40. The number of carbonyl (C=O) groups is 1. The van der Waals surface area contributed by atoms with Crippen LogP contribution in [0.1, 0.15) is 16.9 Å². The summed E-state index contributed by atoms with van der Waals surface area (Å²) in [6.07, 6.45) is 3.37. The summed E-state index contributed by atoms with van der Waals surface area (Å²) in [6, 6.07) is 11.4. The Balaban J connectivity index is 1.45. The molecule has 2 atom stereocenters. The molecule has 4 heterocycles. The molecular formula is C30H28F2N8O3. The molecule has 0 radical (unpaired) electrons. The molecule has 13 heteroatoms. The van der Waals surface area contributed by atoms with Crippen molar-refractivity contribution in [1.82, 2.24) is 24.5 Å². The van der Waals surface area contributed by atoms with Gasteiger partial charge in [0, 0.05) is 32.0 Å². The molecule has 3 aromatic heterocycles. The third-order valence-electron chi connectivity index (χ3n) is 7.50. The fourth-order valence-electron chi connectivity index (χ4n) is 5.48. The molecule has 1 aliphatic heterocycles. The maximum absolute atomic E-state index is 14.7. The Hall–Kier alpha value is -5.01. The smallest absolute Gasteiger partial charge is 0.274 e. The monoisotopic (exact) mass is 586 g/mol. The first-order valence-corrected chi connectivity index (χ1v) is 13.5. The van der Waals surface area contributed by atoms with E-state index >= 15 is 0 Å². The molecule has 0 saturated carbocycles. The number of methoxy groups -OCH3 is 1. The summed E-state index contributed by atoms with van der Waals surface area (Å²) in [6.45, 7) is 0.216. The van der Waals surface area contributed by atoms with Gasteiger partial charge in [-0.1, -0.05) is 6.07 Å². The molecule has 4 N–H and O–H groups in total. The van der Waals surface area contributed by atoms with Crippen LogP contribution in [0.3, 0.4) is 0 Å². The second-order valence-corrected chi connectivity index (χ2v) is 10.2. The van der Waals surface area contributed by atoms with E-state index in [4.69, 9.17) is 15.5 Å². The molecule has 0 bridgehead atoms. The maximum Gasteiger partial charge on any atom is 0.274 e. The molecular weight excluding hydrogens is 558 g/mol. The summed E-state index contributed by atoms with van der Waals surface area (Å²) in [4.78, 5) is 32.9. The summed E-state index contributed by atoms with van der Waals surface area (Å²) < 4.78 is 36.5. The molecule has 0 spiro atoms. The number of hydrogen-bond donors (Lipinski definition) is 3. The van der Waals surface area contributed by atoms with E-state index in [1.54, 1.807) is 29.8 Å². The lowest BCUT2D eigenvalue weighted by molar-refractivity contribution is 0.102. The number of benzene rings is 2. The molecule has 1 saturated heterocycles. The first-order valence-electron chi connectivity index (χ1n) is 13.5. The van der Waals surface area contributed by atoms with Gasteiger partial charge in [-0.2, -0.15) is 0 Å². The summed E-state index contributed by atoms with van der Waals surface area (Å²) in [5.41, 5.74) is 8.38. The van der Waals surface area contributed by atoms with E-state index in [9.17, 15) is 18.7 Å². The molecule has 6 rings (SSSR count). The van der Waals surface area contributed by atoms with E-state index in [0.717, 1.165) is 0 Å². The quantitative estimate of drug-likeness (QED) is 0.261. The van der Waals surface area contributed by atoms with Gasteiger partial charge in [0.15, 0.2) is 17.5 Å². The molecule has 1 aliphatic rings. The van der Waals surface area contributed by atoms with Crippen molar-refractivity contribution in [2.75, 3.05) is 30.5 Å². The van der Waals surface area contributed by atoms with Crippen LogP contribution < -0.4 is 20.7 Å². The van der Waals surface area contributed by atoms with Gasteiger partial charge >= 0.3 is 0 Å². The minimum absolute atomic E-state index is 0.0177. The second kappa shape index (κ2) is 11.3. The van der Waals surface area contributed by atoms with Crippen molar-refractivity contribution in [2.24, 2.45) is 12.8 Å². The first kappa shape index (κ1) is 28.1. The summed E-state index contributed by atoms with van der Waals surface area (Å²) in [5, 5.41) is 13.1. The highest BCUT2D eigenvalue weighted by atomic mass is 19.1. The molecule has 0 aliphatic carbocycles. The van der Waals surface area contributed by atoms with E-state index in [0.29, 0.717) is 41.2 Å². The molecule has 11 nitrogen and oxygen atoms in total. The lowest BCUT2D eigenvalue weighted by Gasteiger charge is -2.28. The summed E-state index contributed by atoms with van der Waals surface area (Å²) >= 11 is 0. The summed E-state index contributed by atoms with van der Waals surface area (Å²) in [7, 11) is 3.15. The molecule has 1 amide bonds. The number of aliphatic hydroxyl groups is 1. The number of hydrogen-bond acceptors (Lipinski definition) is 9. The van der Waals surface area contributed by atoms with E-state index in [2.05, 4.69) is 20.3 Å². The van der Waals surface area contributed by atoms with Crippen molar-refractivity contribution < 1.29 is 23.4 Å². The number of aromatic nitrogens is 5. The molecule has 1 fully saturated rings. The number of imidazole rings is 1. The molecule has 220 valence electrons. The number of nitrogens with one attached hydrogen (secondary N) is 1. The number of aliphatic hydroxyl groups excluding tert-OH is 1. The number of carbonyl (C=O) groups excluding carboxylic acids is 1. The number of aryl methyl sites for hydroxylation is 1. The zero-order valence-corrected chi connectivity index (χ0v) is 23.3. The highest BCUT2D eigenvalue weighted by molar-refractivity contribution is 6.08. The van der Waals surface area contributed by atoms with Gasteiger partial charge in [-0.05, 0) is 48.9 Å². The van der Waals surface area contributed by atoms with Crippen LogP contribution in [0, 0.1) is 11.6 Å². The highest BCUT2D eigenvalue weighted by Gasteiger charge is 2.34. The number of halogens is 2. The third-order valence-corrected chi connectivity index (χ3v) is 7.50. The Morgan fingerprint density at radius 2 is 1.91 bits per heavy atom. The zero-order valence-electron chi connectivity index (χ0n) is 23.3. The fourth-order valence-corrected chi connectivity index (χ4v) is 5.48. The van der Waals surface area contributed by atoms with E-state index < -0.39 is 17.5 Å². The van der Waals surface area contributed by atoms with Crippen LogP contribution in [0.15, 0.2) is 60.9 Å². The van der Waals surface area contributed by atoms with Crippen LogP contribution >= 0.6 is 0 Å². The van der Waals surface area contributed by atoms with E-state index in [-0.39, 0.29) is 47.2 Å². The molecule has 5 aromatic rings. The predicted octanol–water partition coefficient (Wildman–Crippen LogP) is 3.53. The average molecular weight is 587 g/mol. The van der Waals surface area contributed by atoms with Crippen LogP contribution in [0.2, 0.25) is 0 Å². The van der Waals surface area contributed by atoms with Crippen molar-refractivity contribution in [1.29, 1.82) is 0 Å². The van der Waals surface area contributed by atoms with Crippen molar-refractivity contribution in [3.63, 3.8) is 0 Å². The van der Waals surface area contributed by atoms with Gasteiger partial charge < -0.3 is 30.4 Å². The van der Waals surface area contributed by atoms with Crippen molar-refractivity contribution in [3.05, 3.63) is 78.3 Å². The number of anilines is 2. The number of ether oxygens (including phenoxy) is 1. The first-order chi connectivity index (χ1) is 20.8. The number of nitrogens with zero attached hydrogens (tertiary/aromatic N) is 6. The maximum atomic E-state index is 14.7. The number of rotatable bonds is 7. The second-order valence-electron chi connectivity index (χ2n) is 10.2. The normalized spacial score (nSPS) is 16.6. The van der Waals surface area contributed by atoms with Crippen LogP contribution in [-0.4, -0.2) is 67.9 Å². The fraction of sp³-hybridized carbons (Fsp3) is 0.233. The Bertz CT molecular complexity index is 1850. The topological polar surface area (TPSA) is 144 Å². The predicted molar refractivity (Wildman–Crippen MR) is 157 cm³/mol. The average Bonchev–Trinajstić information content (AvgIpc) is 3.55. The van der Waals surface area contributed by atoms with Gasteiger partial charge in [-0.15, -0.1) is 0 Å². The Kier molecular flexibility index (Phi) is 7.42. The number of amides is 1. The van der Waals surface area contributed by atoms with Crippen LogP contribution in [0.25, 0.3) is 33.9 Å². The number of pyridine rings is 1. The Morgan fingerprint density at radius 3 is 2.67 bits per heavy atom. The molecule has 0 unspecified atom stereocenters. The molecule has 2 aromatic carbocycles. The standard InChI is InChI=1S/C30H28F2N8O3/c1-39-22-9-8-20(37-30(42)21-10-12-35-28(36-21)24-18(31)5-3-7-23(24)43-2)27(40-14-16(33)13-17(40)15-41)26(22)38-29(39)25-19(32)6-4-11-34-25/h3-12,16-17,41H,13-15,33H2,1-2H3,(H,37,42)/t16-,17+/m1/s1.